The van der Waals surface area contributed by atoms with Crippen molar-refractivity contribution in [1.82, 2.24) is 5.43 Å². The maximum Gasteiger partial charge on any atom is 0.259 e. The molecular formula is C16H16BrN3O2. The van der Waals surface area contributed by atoms with Crippen molar-refractivity contribution in [2.24, 2.45) is 5.10 Å². The predicted molar refractivity (Wildman–Crippen MR) is 91.2 cm³/mol. The molecule has 2 aromatic carbocycles. The number of anilines is 1. The molecule has 0 saturated heterocycles. The Labute approximate surface area is 137 Å². The fourth-order valence-corrected chi connectivity index (χ4v) is 2.17. The van der Waals surface area contributed by atoms with Gasteiger partial charge in [0.1, 0.15) is 5.75 Å². The summed E-state index contributed by atoms with van der Waals surface area (Å²) in [7, 11) is 0. The Hall–Kier alpha value is -2.34. The van der Waals surface area contributed by atoms with E-state index >= 15 is 0 Å². The first-order valence-corrected chi connectivity index (χ1v) is 7.45. The lowest BCUT2D eigenvalue weighted by atomic mass is 10.2. The number of rotatable bonds is 5. The topological polar surface area (TPSA) is 73.7 Å². The number of carbonyl (C=O) groups excluding carboxylic acids is 1. The second-order valence-electron chi connectivity index (χ2n) is 4.67. The van der Waals surface area contributed by atoms with Crippen LogP contribution in [0.15, 0.2) is 52.0 Å². The number of benzene rings is 2. The zero-order valence-electron chi connectivity index (χ0n) is 12.0. The van der Waals surface area contributed by atoms with E-state index in [1.165, 1.54) is 6.21 Å². The molecule has 2 rings (SSSR count). The van der Waals surface area contributed by atoms with Crippen LogP contribution in [0.3, 0.4) is 0 Å². The van der Waals surface area contributed by atoms with Crippen LogP contribution in [0.2, 0.25) is 0 Å². The number of hydrogen-bond acceptors (Lipinski definition) is 4. The molecule has 2 aromatic rings. The summed E-state index contributed by atoms with van der Waals surface area (Å²) in [4.78, 5) is 11.7. The summed E-state index contributed by atoms with van der Waals surface area (Å²) in [5.74, 6) is -0.0824. The van der Waals surface area contributed by atoms with Crippen LogP contribution in [0.25, 0.3) is 0 Å². The summed E-state index contributed by atoms with van der Waals surface area (Å²) in [6.45, 7) is 2.11. The molecular weight excluding hydrogens is 346 g/mol. The molecule has 0 atom stereocenters. The molecule has 5 nitrogen and oxygen atoms in total. The minimum absolute atomic E-state index is 0.140. The van der Waals surface area contributed by atoms with E-state index in [2.05, 4.69) is 31.8 Å². The Bertz CT molecular complexity index is 702. The van der Waals surface area contributed by atoms with Gasteiger partial charge in [-0.1, -0.05) is 18.2 Å². The van der Waals surface area contributed by atoms with E-state index in [0.717, 1.165) is 16.8 Å². The standard InChI is InChI=1S/C16H16BrN3O2/c1-11-4-2-3-5-14(11)18-10-16(22)20-19-9-12-6-7-15(21)13(17)8-12/h2-9,18,21H,10H2,1H3,(H,20,22). The number of halogens is 1. The average molecular weight is 362 g/mol. The summed E-state index contributed by atoms with van der Waals surface area (Å²) in [6.07, 6.45) is 1.51. The Balaban J connectivity index is 1.83. The highest BCUT2D eigenvalue weighted by atomic mass is 79.9. The van der Waals surface area contributed by atoms with Crippen molar-refractivity contribution in [1.29, 1.82) is 0 Å². The summed E-state index contributed by atoms with van der Waals surface area (Å²) in [5.41, 5.74) is 5.20. The van der Waals surface area contributed by atoms with Gasteiger partial charge in [-0.25, -0.2) is 5.43 Å². The van der Waals surface area contributed by atoms with Gasteiger partial charge in [-0.2, -0.15) is 5.10 Å². The van der Waals surface area contributed by atoms with Crippen molar-refractivity contribution in [3.8, 4) is 5.75 Å². The summed E-state index contributed by atoms with van der Waals surface area (Å²) >= 11 is 3.22. The van der Waals surface area contributed by atoms with Crippen LogP contribution in [0.4, 0.5) is 5.69 Å². The quantitative estimate of drug-likeness (QED) is 0.566. The number of amides is 1. The van der Waals surface area contributed by atoms with Crippen molar-refractivity contribution >= 4 is 33.7 Å². The number of nitrogens with zero attached hydrogens (tertiary/aromatic N) is 1. The van der Waals surface area contributed by atoms with Gasteiger partial charge in [0.15, 0.2) is 0 Å². The molecule has 0 aliphatic carbocycles. The Kier molecular flexibility index (Phi) is 5.55. The third kappa shape index (κ3) is 4.60. The van der Waals surface area contributed by atoms with E-state index in [1.807, 2.05) is 31.2 Å². The van der Waals surface area contributed by atoms with E-state index in [4.69, 9.17) is 0 Å². The zero-order valence-corrected chi connectivity index (χ0v) is 13.6. The molecule has 22 heavy (non-hydrogen) atoms. The van der Waals surface area contributed by atoms with Crippen molar-refractivity contribution in [3.63, 3.8) is 0 Å². The van der Waals surface area contributed by atoms with Crippen molar-refractivity contribution in [2.75, 3.05) is 11.9 Å². The fourth-order valence-electron chi connectivity index (χ4n) is 1.77. The summed E-state index contributed by atoms with van der Waals surface area (Å²) in [5, 5.41) is 16.3. The summed E-state index contributed by atoms with van der Waals surface area (Å²) in [6, 6.07) is 12.7. The van der Waals surface area contributed by atoms with Crippen LogP contribution in [0, 0.1) is 6.92 Å². The normalized spacial score (nSPS) is 10.6. The molecule has 1 amide bonds. The molecule has 114 valence electrons. The maximum atomic E-state index is 11.7. The van der Waals surface area contributed by atoms with Crippen LogP contribution in [-0.4, -0.2) is 23.8 Å². The Morgan fingerprint density at radius 2 is 2.09 bits per heavy atom. The first-order valence-electron chi connectivity index (χ1n) is 6.66. The number of aryl methyl sites for hydroxylation is 1. The van der Waals surface area contributed by atoms with Crippen LogP contribution >= 0.6 is 15.9 Å². The molecule has 0 aliphatic rings. The highest BCUT2D eigenvalue weighted by Gasteiger charge is 2.01. The molecule has 0 radical (unpaired) electrons. The lowest BCUT2D eigenvalue weighted by Crippen LogP contribution is -2.26. The van der Waals surface area contributed by atoms with Crippen molar-refractivity contribution in [2.45, 2.75) is 6.92 Å². The van der Waals surface area contributed by atoms with Crippen LogP contribution in [-0.2, 0) is 4.79 Å². The number of aromatic hydroxyl groups is 1. The lowest BCUT2D eigenvalue weighted by Gasteiger charge is -2.07. The Morgan fingerprint density at radius 1 is 1.32 bits per heavy atom. The van der Waals surface area contributed by atoms with Gasteiger partial charge in [-0.15, -0.1) is 0 Å². The average Bonchev–Trinajstić information content (AvgIpc) is 2.50. The smallest absolute Gasteiger partial charge is 0.259 e. The second-order valence-corrected chi connectivity index (χ2v) is 5.53. The molecule has 0 saturated carbocycles. The predicted octanol–water partition coefficient (Wildman–Crippen LogP) is 3.03. The van der Waals surface area contributed by atoms with Gasteiger partial charge in [-0.3, -0.25) is 4.79 Å². The third-order valence-corrected chi connectivity index (χ3v) is 3.59. The van der Waals surface area contributed by atoms with E-state index < -0.39 is 0 Å². The highest BCUT2D eigenvalue weighted by Crippen LogP contribution is 2.23. The zero-order chi connectivity index (χ0) is 15.9. The third-order valence-electron chi connectivity index (χ3n) is 2.96. The fraction of sp³-hybridized carbons (Fsp3) is 0.125. The molecule has 0 spiro atoms. The lowest BCUT2D eigenvalue weighted by molar-refractivity contribution is -0.119. The number of phenolic OH excluding ortho intramolecular Hbond substituents is 1. The molecule has 0 aromatic heterocycles. The maximum absolute atomic E-state index is 11.7. The van der Waals surface area contributed by atoms with Crippen molar-refractivity contribution < 1.29 is 9.90 Å². The number of hydrogen-bond donors (Lipinski definition) is 3. The van der Waals surface area contributed by atoms with Crippen LogP contribution in [0.5, 0.6) is 5.75 Å². The first-order chi connectivity index (χ1) is 10.6. The van der Waals surface area contributed by atoms with Gasteiger partial charge >= 0.3 is 0 Å². The molecule has 0 bridgehead atoms. The van der Waals surface area contributed by atoms with E-state index in [9.17, 15) is 9.90 Å². The number of phenols is 1. The van der Waals surface area contributed by atoms with Gasteiger partial charge in [0, 0.05) is 5.69 Å². The largest absolute Gasteiger partial charge is 0.507 e. The van der Waals surface area contributed by atoms with Crippen LogP contribution in [0.1, 0.15) is 11.1 Å². The minimum Gasteiger partial charge on any atom is -0.507 e. The minimum atomic E-state index is -0.239. The van der Waals surface area contributed by atoms with E-state index in [1.54, 1.807) is 18.2 Å². The second kappa shape index (κ2) is 7.61. The van der Waals surface area contributed by atoms with E-state index in [-0.39, 0.29) is 18.2 Å². The van der Waals surface area contributed by atoms with Gasteiger partial charge in [0.05, 0.1) is 17.2 Å². The number of hydrazone groups is 1. The molecule has 0 aliphatic heterocycles. The van der Waals surface area contributed by atoms with E-state index in [0.29, 0.717) is 4.47 Å². The molecule has 6 heteroatoms. The highest BCUT2D eigenvalue weighted by molar-refractivity contribution is 9.10. The van der Waals surface area contributed by atoms with Crippen LogP contribution < -0.4 is 10.7 Å². The van der Waals surface area contributed by atoms with Gasteiger partial charge < -0.3 is 10.4 Å². The monoisotopic (exact) mass is 361 g/mol. The number of nitrogens with one attached hydrogen (secondary N) is 2. The summed E-state index contributed by atoms with van der Waals surface area (Å²) < 4.78 is 0.573. The van der Waals surface area contributed by atoms with Gasteiger partial charge in [0.2, 0.25) is 0 Å². The number of carbonyl (C=O) groups is 1. The molecule has 0 fully saturated rings. The Morgan fingerprint density at radius 3 is 2.82 bits per heavy atom. The number of para-hydroxylation sites is 1. The molecule has 0 unspecified atom stereocenters. The van der Waals surface area contributed by atoms with Gasteiger partial charge in [0.25, 0.3) is 5.91 Å². The molecule has 0 heterocycles. The van der Waals surface area contributed by atoms with Crippen molar-refractivity contribution in [3.05, 3.63) is 58.1 Å². The van der Waals surface area contributed by atoms with Gasteiger partial charge in [-0.05, 0) is 58.2 Å². The molecule has 3 N–H and O–H groups in total. The first kappa shape index (κ1) is 16.0. The SMILES string of the molecule is Cc1ccccc1NCC(=O)NN=Cc1ccc(O)c(Br)c1.